The Morgan fingerprint density at radius 1 is 0.639 bits per heavy atom. The van der Waals surface area contributed by atoms with Crippen LogP contribution in [0, 0.1) is 22.7 Å². The first-order chi connectivity index (χ1) is 16.9. The molecule has 0 spiro atoms. The summed E-state index contributed by atoms with van der Waals surface area (Å²) in [7, 11) is 0. The van der Waals surface area contributed by atoms with Crippen LogP contribution in [0.15, 0.2) is 0 Å². The van der Waals surface area contributed by atoms with Crippen molar-refractivity contribution in [3.05, 3.63) is 0 Å². The number of hydrogen-bond donors (Lipinski definition) is 2. The summed E-state index contributed by atoms with van der Waals surface area (Å²) in [5, 5.41) is 23.6. The van der Waals surface area contributed by atoms with E-state index in [4.69, 9.17) is 20.0 Å². The van der Waals surface area contributed by atoms with Crippen molar-refractivity contribution >= 4 is 12.2 Å². The standard InChI is InChI=1S/C26H48N6O4/c1-25(2,3)35-23(33)31(21-11-17-29-15-9-13-27)19-7-8-20-32(24(34)36-26(4,5)6)22-12-18-30-16-10-14-28/h29-30H,7-12,15-22H2,1-6H3. The summed E-state index contributed by atoms with van der Waals surface area (Å²) in [4.78, 5) is 28.8. The third-order valence-electron chi connectivity index (χ3n) is 4.80. The number of ether oxygens (including phenoxy) is 2. The summed E-state index contributed by atoms with van der Waals surface area (Å²) in [6, 6.07) is 4.20. The number of unbranched alkanes of at least 4 members (excludes halogenated alkanes) is 1. The molecular formula is C26H48N6O4. The average Bonchev–Trinajstić information content (AvgIpc) is 2.75. The van der Waals surface area contributed by atoms with Gasteiger partial charge in [-0.25, -0.2) is 9.59 Å². The number of hydrogen-bond acceptors (Lipinski definition) is 8. The van der Waals surface area contributed by atoms with Crippen LogP contribution >= 0.6 is 0 Å². The van der Waals surface area contributed by atoms with Gasteiger partial charge in [0.15, 0.2) is 0 Å². The van der Waals surface area contributed by atoms with Gasteiger partial charge in [-0.15, -0.1) is 0 Å². The second-order valence-corrected chi connectivity index (χ2v) is 10.7. The van der Waals surface area contributed by atoms with Crippen LogP contribution in [0.3, 0.4) is 0 Å². The van der Waals surface area contributed by atoms with Crippen molar-refractivity contribution in [1.82, 2.24) is 20.4 Å². The van der Waals surface area contributed by atoms with E-state index in [0.29, 0.717) is 52.1 Å². The average molecular weight is 509 g/mol. The summed E-state index contributed by atoms with van der Waals surface area (Å²) < 4.78 is 11.1. The zero-order valence-corrected chi connectivity index (χ0v) is 23.3. The quantitative estimate of drug-likeness (QED) is 0.282. The zero-order valence-electron chi connectivity index (χ0n) is 23.3. The van der Waals surface area contributed by atoms with Gasteiger partial charge >= 0.3 is 12.2 Å². The van der Waals surface area contributed by atoms with Gasteiger partial charge in [0.2, 0.25) is 0 Å². The number of carbonyl (C=O) groups is 2. The Balaban J connectivity index is 4.79. The SMILES string of the molecule is CC(C)(C)OC(=O)N(CCCCN(CCCNCCC#N)C(=O)OC(C)(C)C)CCCNCCC#N. The zero-order chi connectivity index (χ0) is 27.5. The number of carbonyl (C=O) groups excluding carboxylic acids is 2. The lowest BCUT2D eigenvalue weighted by Crippen LogP contribution is -2.40. The normalized spacial score (nSPS) is 11.3. The maximum Gasteiger partial charge on any atom is 0.410 e. The summed E-state index contributed by atoms with van der Waals surface area (Å²) in [6.45, 7) is 16.0. The molecule has 0 aliphatic carbocycles. The van der Waals surface area contributed by atoms with E-state index in [1.54, 1.807) is 9.80 Å². The largest absolute Gasteiger partial charge is 0.444 e. The molecule has 0 atom stereocenters. The smallest absolute Gasteiger partial charge is 0.410 e. The van der Waals surface area contributed by atoms with Gasteiger partial charge in [0, 0.05) is 52.1 Å². The highest BCUT2D eigenvalue weighted by Crippen LogP contribution is 2.13. The minimum atomic E-state index is -0.574. The maximum absolute atomic E-state index is 12.7. The van der Waals surface area contributed by atoms with Gasteiger partial charge in [-0.3, -0.25) is 0 Å². The Morgan fingerprint density at radius 3 is 1.28 bits per heavy atom. The maximum atomic E-state index is 12.7. The van der Waals surface area contributed by atoms with Gasteiger partial charge in [-0.2, -0.15) is 10.5 Å². The molecule has 0 saturated heterocycles. The van der Waals surface area contributed by atoms with Gasteiger partial charge in [0.25, 0.3) is 0 Å². The lowest BCUT2D eigenvalue weighted by molar-refractivity contribution is 0.0208. The molecule has 0 aliphatic heterocycles. The van der Waals surface area contributed by atoms with Crippen LogP contribution in [0.4, 0.5) is 9.59 Å². The van der Waals surface area contributed by atoms with E-state index >= 15 is 0 Å². The van der Waals surface area contributed by atoms with Crippen molar-refractivity contribution in [2.24, 2.45) is 0 Å². The summed E-state index contributed by atoms with van der Waals surface area (Å²) in [6.07, 6.45) is 3.20. The predicted octanol–water partition coefficient (Wildman–Crippen LogP) is 4.03. The third kappa shape index (κ3) is 19.7. The molecule has 0 unspecified atom stereocenters. The lowest BCUT2D eigenvalue weighted by atomic mass is 10.2. The highest BCUT2D eigenvalue weighted by Gasteiger charge is 2.23. The van der Waals surface area contributed by atoms with Crippen LogP contribution in [0.25, 0.3) is 0 Å². The molecule has 36 heavy (non-hydrogen) atoms. The van der Waals surface area contributed by atoms with E-state index in [-0.39, 0.29) is 12.2 Å². The fourth-order valence-electron chi connectivity index (χ4n) is 3.18. The molecular weight excluding hydrogens is 460 g/mol. The fraction of sp³-hybridized carbons (Fsp3) is 0.846. The molecule has 0 aromatic rings. The van der Waals surface area contributed by atoms with E-state index in [2.05, 4.69) is 22.8 Å². The van der Waals surface area contributed by atoms with Crippen LogP contribution in [0.5, 0.6) is 0 Å². The van der Waals surface area contributed by atoms with Gasteiger partial charge in [0.05, 0.1) is 12.1 Å². The van der Waals surface area contributed by atoms with E-state index < -0.39 is 11.2 Å². The summed E-state index contributed by atoms with van der Waals surface area (Å²) in [5.74, 6) is 0. The molecule has 206 valence electrons. The van der Waals surface area contributed by atoms with E-state index in [1.165, 1.54) is 0 Å². The van der Waals surface area contributed by atoms with Crippen molar-refractivity contribution in [3.8, 4) is 12.1 Å². The molecule has 0 rings (SSSR count). The minimum Gasteiger partial charge on any atom is -0.444 e. The predicted molar refractivity (Wildman–Crippen MR) is 140 cm³/mol. The Bertz CT molecular complexity index is 643. The first kappa shape index (κ1) is 33.4. The van der Waals surface area contributed by atoms with E-state index in [1.807, 2.05) is 41.5 Å². The van der Waals surface area contributed by atoms with Crippen LogP contribution in [0.1, 0.15) is 80.1 Å². The topological polar surface area (TPSA) is 131 Å². The fourth-order valence-corrected chi connectivity index (χ4v) is 3.18. The summed E-state index contributed by atoms with van der Waals surface area (Å²) >= 11 is 0. The van der Waals surface area contributed by atoms with Crippen molar-refractivity contribution < 1.29 is 19.1 Å². The molecule has 0 fully saturated rings. The molecule has 0 saturated carbocycles. The van der Waals surface area contributed by atoms with Gasteiger partial charge in [-0.05, 0) is 80.3 Å². The van der Waals surface area contributed by atoms with Crippen LogP contribution in [-0.2, 0) is 9.47 Å². The first-order valence-electron chi connectivity index (χ1n) is 13.0. The van der Waals surface area contributed by atoms with Crippen LogP contribution < -0.4 is 10.6 Å². The molecule has 2 N–H and O–H groups in total. The van der Waals surface area contributed by atoms with Crippen molar-refractivity contribution in [2.45, 2.75) is 91.3 Å². The monoisotopic (exact) mass is 508 g/mol. The van der Waals surface area contributed by atoms with E-state index in [9.17, 15) is 9.59 Å². The number of rotatable bonds is 17. The third-order valence-corrected chi connectivity index (χ3v) is 4.80. The number of amides is 2. The minimum absolute atomic E-state index is 0.341. The highest BCUT2D eigenvalue weighted by atomic mass is 16.6. The second-order valence-electron chi connectivity index (χ2n) is 10.7. The van der Waals surface area contributed by atoms with Crippen molar-refractivity contribution in [1.29, 1.82) is 10.5 Å². The van der Waals surface area contributed by atoms with E-state index in [0.717, 1.165) is 38.8 Å². The molecule has 0 heterocycles. The first-order valence-corrected chi connectivity index (χ1v) is 13.0. The Labute approximate surface area is 218 Å². The number of nitrogens with one attached hydrogen (secondary N) is 2. The lowest BCUT2D eigenvalue weighted by Gasteiger charge is -2.29. The molecule has 0 aliphatic rings. The molecule has 2 amide bonds. The Kier molecular flexibility index (Phi) is 17.3. The number of nitrogens with zero attached hydrogens (tertiary/aromatic N) is 4. The molecule has 10 nitrogen and oxygen atoms in total. The number of nitriles is 2. The van der Waals surface area contributed by atoms with Crippen LogP contribution in [0.2, 0.25) is 0 Å². The van der Waals surface area contributed by atoms with Crippen molar-refractivity contribution in [2.75, 3.05) is 52.4 Å². The Hall–Kier alpha value is -2.56. The highest BCUT2D eigenvalue weighted by molar-refractivity contribution is 5.68. The molecule has 0 aromatic heterocycles. The molecule has 0 bridgehead atoms. The van der Waals surface area contributed by atoms with Crippen molar-refractivity contribution in [3.63, 3.8) is 0 Å². The second kappa shape index (κ2) is 18.7. The summed E-state index contributed by atoms with van der Waals surface area (Å²) in [5.41, 5.74) is -1.15. The van der Waals surface area contributed by atoms with Gasteiger partial charge < -0.3 is 29.9 Å². The molecule has 0 radical (unpaired) electrons. The van der Waals surface area contributed by atoms with Gasteiger partial charge in [0.1, 0.15) is 11.2 Å². The molecule has 0 aromatic carbocycles. The van der Waals surface area contributed by atoms with Gasteiger partial charge in [-0.1, -0.05) is 0 Å². The van der Waals surface area contributed by atoms with Crippen LogP contribution in [-0.4, -0.2) is 85.5 Å². The Morgan fingerprint density at radius 2 is 0.972 bits per heavy atom. The molecule has 10 heteroatoms.